The number of hydrogen-bond donors (Lipinski definition) is 2. The number of benzene rings is 1. The van der Waals surface area contributed by atoms with Gasteiger partial charge in [0.1, 0.15) is 5.82 Å². The lowest BCUT2D eigenvalue weighted by Crippen LogP contribution is -2.28. The zero-order valence-electron chi connectivity index (χ0n) is 12.5. The van der Waals surface area contributed by atoms with Gasteiger partial charge in [0.25, 0.3) is 0 Å². The van der Waals surface area contributed by atoms with E-state index in [1.54, 1.807) is 36.2 Å². The van der Waals surface area contributed by atoms with Crippen LogP contribution in [0.15, 0.2) is 36.5 Å². The largest absolute Gasteiger partial charge is 0.382 e. The molecule has 0 radical (unpaired) electrons. The Bertz CT molecular complexity index is 630. The quantitative estimate of drug-likeness (QED) is 0.862. The number of amides is 2. The number of carbonyl (C=O) groups excluding carboxylic acids is 1. The van der Waals surface area contributed by atoms with Crippen molar-refractivity contribution in [3.05, 3.63) is 47.9 Å². The van der Waals surface area contributed by atoms with E-state index < -0.39 is 6.03 Å². The van der Waals surface area contributed by atoms with Crippen molar-refractivity contribution in [1.82, 2.24) is 15.1 Å². The summed E-state index contributed by atoms with van der Waals surface area (Å²) in [5.41, 5.74) is 0.689. The van der Waals surface area contributed by atoms with Gasteiger partial charge in [0.05, 0.1) is 12.6 Å². The van der Waals surface area contributed by atoms with E-state index in [4.69, 9.17) is 4.74 Å². The molecule has 6 nitrogen and oxygen atoms in total. The average Bonchev–Trinajstić information content (AvgIpc) is 2.94. The number of methoxy groups -OCH3 is 1. The number of carbonyl (C=O) groups is 1. The van der Waals surface area contributed by atoms with Gasteiger partial charge in [-0.1, -0.05) is 12.1 Å². The topological polar surface area (TPSA) is 68.2 Å². The number of hydrogen-bond acceptors (Lipinski definition) is 3. The summed E-state index contributed by atoms with van der Waals surface area (Å²) >= 11 is 0. The SMILES string of the molecule is COC[C@H](C)n1ccc(NC(=O)NCc2cccc(F)c2)n1. The van der Waals surface area contributed by atoms with Crippen LogP contribution in [0.25, 0.3) is 0 Å². The molecule has 1 atom stereocenters. The van der Waals surface area contributed by atoms with E-state index in [1.807, 2.05) is 6.92 Å². The highest BCUT2D eigenvalue weighted by molar-refractivity contribution is 5.88. The first kappa shape index (κ1) is 16.0. The summed E-state index contributed by atoms with van der Waals surface area (Å²) < 4.78 is 19.8. The zero-order valence-corrected chi connectivity index (χ0v) is 12.5. The Kier molecular flexibility index (Phi) is 5.48. The molecule has 1 aromatic heterocycles. The fourth-order valence-electron chi connectivity index (χ4n) is 1.96. The highest BCUT2D eigenvalue weighted by atomic mass is 19.1. The minimum absolute atomic E-state index is 0.0795. The van der Waals surface area contributed by atoms with E-state index in [2.05, 4.69) is 15.7 Å². The number of ether oxygens (including phenoxy) is 1. The molecule has 1 aromatic carbocycles. The molecule has 2 rings (SSSR count). The highest BCUT2D eigenvalue weighted by Crippen LogP contribution is 2.09. The van der Waals surface area contributed by atoms with Crippen LogP contribution in [0.2, 0.25) is 0 Å². The third kappa shape index (κ3) is 4.56. The normalized spacial score (nSPS) is 12.0. The minimum atomic E-state index is -0.395. The zero-order chi connectivity index (χ0) is 15.9. The lowest BCUT2D eigenvalue weighted by Gasteiger charge is -2.10. The molecule has 0 aliphatic rings. The molecule has 0 spiro atoms. The van der Waals surface area contributed by atoms with Gasteiger partial charge in [-0.05, 0) is 24.6 Å². The fraction of sp³-hybridized carbons (Fsp3) is 0.333. The van der Waals surface area contributed by atoms with Gasteiger partial charge in [-0.2, -0.15) is 5.10 Å². The van der Waals surface area contributed by atoms with E-state index >= 15 is 0 Å². The van der Waals surface area contributed by atoms with Crippen LogP contribution in [-0.2, 0) is 11.3 Å². The van der Waals surface area contributed by atoms with E-state index in [9.17, 15) is 9.18 Å². The van der Waals surface area contributed by atoms with Crippen LogP contribution >= 0.6 is 0 Å². The smallest absolute Gasteiger partial charge is 0.320 e. The fourth-order valence-corrected chi connectivity index (χ4v) is 1.96. The van der Waals surface area contributed by atoms with Crippen LogP contribution in [-0.4, -0.2) is 29.5 Å². The van der Waals surface area contributed by atoms with E-state index in [0.717, 1.165) is 0 Å². The van der Waals surface area contributed by atoms with Crippen LogP contribution in [0, 0.1) is 5.82 Å². The van der Waals surface area contributed by atoms with Crippen LogP contribution in [0.5, 0.6) is 0 Å². The van der Waals surface area contributed by atoms with Crippen molar-refractivity contribution in [1.29, 1.82) is 0 Å². The Morgan fingerprint density at radius 2 is 2.27 bits per heavy atom. The summed E-state index contributed by atoms with van der Waals surface area (Å²) in [6.45, 7) is 2.74. The standard InChI is InChI=1S/C15H19FN4O2/c1-11(10-22-2)20-7-6-14(19-20)18-15(21)17-9-12-4-3-5-13(16)8-12/h3-8,11H,9-10H2,1-2H3,(H2,17,18,19,21)/t11-/m0/s1. The molecular weight excluding hydrogens is 287 g/mol. The maximum atomic E-state index is 13.0. The molecular formula is C15H19FN4O2. The molecule has 7 heteroatoms. The number of nitrogens with one attached hydrogen (secondary N) is 2. The maximum absolute atomic E-state index is 13.0. The lowest BCUT2D eigenvalue weighted by atomic mass is 10.2. The average molecular weight is 306 g/mol. The number of aromatic nitrogens is 2. The molecule has 1 heterocycles. The monoisotopic (exact) mass is 306 g/mol. The summed E-state index contributed by atoms with van der Waals surface area (Å²) in [5.74, 6) is 0.116. The highest BCUT2D eigenvalue weighted by Gasteiger charge is 2.08. The first-order chi connectivity index (χ1) is 10.6. The molecule has 0 aliphatic carbocycles. The lowest BCUT2D eigenvalue weighted by molar-refractivity contribution is 0.157. The summed E-state index contributed by atoms with van der Waals surface area (Å²) in [6.07, 6.45) is 1.77. The van der Waals surface area contributed by atoms with Crippen LogP contribution in [0.3, 0.4) is 0 Å². The second-order valence-electron chi connectivity index (χ2n) is 4.92. The van der Waals surface area contributed by atoms with Crippen molar-refractivity contribution >= 4 is 11.8 Å². The van der Waals surface area contributed by atoms with Crippen LogP contribution < -0.4 is 10.6 Å². The Hall–Kier alpha value is -2.41. The molecule has 2 amide bonds. The van der Waals surface area contributed by atoms with Crippen LogP contribution in [0.1, 0.15) is 18.5 Å². The number of urea groups is 1. The second kappa shape index (κ2) is 7.56. The Morgan fingerprint density at radius 3 is 3.00 bits per heavy atom. The third-order valence-corrected chi connectivity index (χ3v) is 3.05. The minimum Gasteiger partial charge on any atom is -0.382 e. The molecule has 0 aliphatic heterocycles. The molecule has 118 valence electrons. The number of nitrogens with zero attached hydrogens (tertiary/aromatic N) is 2. The van der Waals surface area contributed by atoms with Gasteiger partial charge in [-0.3, -0.25) is 10.00 Å². The predicted molar refractivity (Wildman–Crippen MR) is 81.1 cm³/mol. The van der Waals surface area contributed by atoms with Gasteiger partial charge < -0.3 is 10.1 Å². The molecule has 0 bridgehead atoms. The van der Waals surface area contributed by atoms with E-state index in [1.165, 1.54) is 12.1 Å². The first-order valence-electron chi connectivity index (χ1n) is 6.92. The Labute approximate surface area is 128 Å². The predicted octanol–water partition coefficient (Wildman–Crippen LogP) is 2.55. The van der Waals surface area contributed by atoms with Gasteiger partial charge in [0.15, 0.2) is 5.82 Å². The molecule has 22 heavy (non-hydrogen) atoms. The van der Waals surface area contributed by atoms with Crippen molar-refractivity contribution in [2.75, 3.05) is 19.0 Å². The molecule has 0 saturated carbocycles. The third-order valence-electron chi connectivity index (χ3n) is 3.05. The molecule has 2 N–H and O–H groups in total. The van der Waals surface area contributed by atoms with Crippen molar-refractivity contribution in [3.8, 4) is 0 Å². The van der Waals surface area contributed by atoms with Gasteiger partial charge in [0.2, 0.25) is 0 Å². The molecule has 0 fully saturated rings. The van der Waals surface area contributed by atoms with E-state index in [0.29, 0.717) is 18.0 Å². The summed E-state index contributed by atoms with van der Waals surface area (Å²) in [7, 11) is 1.62. The maximum Gasteiger partial charge on any atom is 0.320 e. The van der Waals surface area contributed by atoms with Crippen molar-refractivity contribution in [2.45, 2.75) is 19.5 Å². The Balaban J connectivity index is 1.84. The van der Waals surface area contributed by atoms with Crippen molar-refractivity contribution in [3.63, 3.8) is 0 Å². The first-order valence-corrected chi connectivity index (χ1v) is 6.92. The summed E-state index contributed by atoms with van der Waals surface area (Å²) in [6, 6.07) is 7.46. The molecule has 0 saturated heterocycles. The Morgan fingerprint density at radius 1 is 1.45 bits per heavy atom. The van der Waals surface area contributed by atoms with Crippen molar-refractivity contribution in [2.24, 2.45) is 0 Å². The molecule has 0 unspecified atom stereocenters. The van der Waals surface area contributed by atoms with Gasteiger partial charge in [0, 0.05) is 25.9 Å². The van der Waals surface area contributed by atoms with Crippen LogP contribution in [0.4, 0.5) is 15.0 Å². The van der Waals surface area contributed by atoms with Crippen molar-refractivity contribution < 1.29 is 13.9 Å². The number of halogens is 1. The number of anilines is 1. The number of rotatable bonds is 6. The summed E-state index contributed by atoms with van der Waals surface area (Å²) in [5, 5.41) is 9.52. The van der Waals surface area contributed by atoms with Gasteiger partial charge >= 0.3 is 6.03 Å². The summed E-state index contributed by atoms with van der Waals surface area (Å²) in [4.78, 5) is 11.8. The molecule has 2 aromatic rings. The second-order valence-corrected chi connectivity index (χ2v) is 4.92. The van der Waals surface area contributed by atoms with Gasteiger partial charge in [-0.15, -0.1) is 0 Å². The van der Waals surface area contributed by atoms with E-state index in [-0.39, 0.29) is 18.4 Å². The van der Waals surface area contributed by atoms with Gasteiger partial charge in [-0.25, -0.2) is 9.18 Å².